The van der Waals surface area contributed by atoms with Crippen molar-refractivity contribution in [3.63, 3.8) is 0 Å². The van der Waals surface area contributed by atoms with E-state index >= 15 is 0 Å². The SMILES string of the molecule is CSc1ccccc1NC(=O)CCN1CCN(C(=O)[C@H]2CCCO2)CC1. The van der Waals surface area contributed by atoms with Gasteiger partial charge in [-0.25, -0.2) is 0 Å². The molecule has 0 aromatic heterocycles. The van der Waals surface area contributed by atoms with Crippen molar-refractivity contribution in [3.8, 4) is 0 Å². The molecule has 7 heteroatoms. The highest BCUT2D eigenvalue weighted by atomic mass is 32.2. The van der Waals surface area contributed by atoms with Crippen molar-refractivity contribution in [1.82, 2.24) is 9.80 Å². The van der Waals surface area contributed by atoms with Crippen LogP contribution in [0, 0.1) is 0 Å². The van der Waals surface area contributed by atoms with Crippen molar-refractivity contribution >= 4 is 29.3 Å². The summed E-state index contributed by atoms with van der Waals surface area (Å²) in [4.78, 5) is 29.8. The number of ether oxygens (including phenoxy) is 1. The van der Waals surface area contributed by atoms with Gasteiger partial charge >= 0.3 is 0 Å². The van der Waals surface area contributed by atoms with Crippen molar-refractivity contribution in [1.29, 1.82) is 0 Å². The highest BCUT2D eigenvalue weighted by Crippen LogP contribution is 2.24. The molecule has 0 bridgehead atoms. The van der Waals surface area contributed by atoms with E-state index in [4.69, 9.17) is 4.74 Å². The largest absolute Gasteiger partial charge is 0.368 e. The molecule has 2 saturated heterocycles. The summed E-state index contributed by atoms with van der Waals surface area (Å²) in [5.74, 6) is 0.165. The predicted molar refractivity (Wildman–Crippen MR) is 103 cm³/mol. The molecule has 142 valence electrons. The van der Waals surface area contributed by atoms with Gasteiger partial charge in [0.05, 0.1) is 5.69 Å². The molecule has 1 atom stereocenters. The minimum atomic E-state index is -0.233. The highest BCUT2D eigenvalue weighted by molar-refractivity contribution is 7.98. The number of piperazine rings is 1. The van der Waals surface area contributed by atoms with Gasteiger partial charge in [-0.3, -0.25) is 14.5 Å². The first-order valence-corrected chi connectivity index (χ1v) is 10.5. The van der Waals surface area contributed by atoms with Gasteiger partial charge in [-0.2, -0.15) is 0 Å². The maximum absolute atomic E-state index is 12.4. The molecule has 2 fully saturated rings. The third-order valence-corrected chi connectivity index (χ3v) is 5.72. The number of carbonyl (C=O) groups is 2. The third kappa shape index (κ3) is 4.99. The van der Waals surface area contributed by atoms with Crippen LogP contribution >= 0.6 is 11.8 Å². The van der Waals surface area contributed by atoms with Crippen LogP contribution in [0.3, 0.4) is 0 Å². The Labute approximate surface area is 159 Å². The van der Waals surface area contributed by atoms with Crippen LogP contribution in [0.1, 0.15) is 19.3 Å². The van der Waals surface area contributed by atoms with E-state index in [1.54, 1.807) is 11.8 Å². The van der Waals surface area contributed by atoms with Crippen LogP contribution in [0.4, 0.5) is 5.69 Å². The summed E-state index contributed by atoms with van der Waals surface area (Å²) in [6, 6.07) is 7.84. The van der Waals surface area contributed by atoms with E-state index in [1.165, 1.54) is 0 Å². The van der Waals surface area contributed by atoms with Crippen LogP contribution in [0.5, 0.6) is 0 Å². The summed E-state index contributed by atoms with van der Waals surface area (Å²) in [5.41, 5.74) is 0.872. The molecule has 0 spiro atoms. The Hall–Kier alpha value is -1.57. The van der Waals surface area contributed by atoms with Crippen molar-refractivity contribution in [3.05, 3.63) is 24.3 Å². The van der Waals surface area contributed by atoms with Crippen LogP contribution in [-0.2, 0) is 14.3 Å². The van der Waals surface area contributed by atoms with E-state index < -0.39 is 0 Å². The molecule has 2 aliphatic heterocycles. The Morgan fingerprint density at radius 3 is 2.69 bits per heavy atom. The summed E-state index contributed by atoms with van der Waals surface area (Å²) in [6.45, 7) is 4.48. The van der Waals surface area contributed by atoms with E-state index in [0.29, 0.717) is 13.0 Å². The van der Waals surface area contributed by atoms with Gasteiger partial charge in [0.2, 0.25) is 5.91 Å². The Bertz CT molecular complexity index is 626. The molecule has 26 heavy (non-hydrogen) atoms. The molecule has 2 heterocycles. The number of para-hydroxylation sites is 1. The second kappa shape index (κ2) is 9.39. The molecule has 1 aromatic carbocycles. The first kappa shape index (κ1) is 19.2. The zero-order chi connectivity index (χ0) is 18.4. The van der Waals surface area contributed by atoms with Crippen molar-refractivity contribution in [2.75, 3.05) is 50.9 Å². The molecule has 6 nitrogen and oxygen atoms in total. The number of amides is 2. The van der Waals surface area contributed by atoms with Crippen LogP contribution < -0.4 is 5.32 Å². The van der Waals surface area contributed by atoms with E-state index in [0.717, 1.165) is 56.1 Å². The topological polar surface area (TPSA) is 61.9 Å². The van der Waals surface area contributed by atoms with E-state index in [9.17, 15) is 9.59 Å². The number of benzene rings is 1. The third-order valence-electron chi connectivity index (χ3n) is 4.93. The quantitative estimate of drug-likeness (QED) is 0.769. The first-order chi connectivity index (χ1) is 12.7. The summed E-state index contributed by atoms with van der Waals surface area (Å²) in [5, 5.41) is 3.00. The zero-order valence-corrected chi connectivity index (χ0v) is 16.1. The van der Waals surface area contributed by atoms with Crippen molar-refractivity contribution in [2.45, 2.75) is 30.3 Å². The van der Waals surface area contributed by atoms with Gasteiger partial charge in [0, 0.05) is 50.6 Å². The Kier molecular flexibility index (Phi) is 6.93. The van der Waals surface area contributed by atoms with Crippen LogP contribution in [0.25, 0.3) is 0 Å². The average Bonchev–Trinajstić information content (AvgIpc) is 3.21. The number of carbonyl (C=O) groups excluding carboxylic acids is 2. The number of anilines is 1. The minimum Gasteiger partial charge on any atom is -0.368 e. The highest BCUT2D eigenvalue weighted by Gasteiger charge is 2.30. The lowest BCUT2D eigenvalue weighted by molar-refractivity contribution is -0.142. The van der Waals surface area contributed by atoms with Crippen molar-refractivity contribution < 1.29 is 14.3 Å². The second-order valence-corrected chi connectivity index (χ2v) is 7.52. The lowest BCUT2D eigenvalue weighted by Crippen LogP contribution is -2.51. The zero-order valence-electron chi connectivity index (χ0n) is 15.3. The molecule has 1 N–H and O–H groups in total. The molecule has 1 aromatic rings. The molecule has 3 rings (SSSR count). The minimum absolute atomic E-state index is 0.0318. The van der Waals surface area contributed by atoms with E-state index in [-0.39, 0.29) is 17.9 Å². The van der Waals surface area contributed by atoms with Gasteiger partial charge in [0.15, 0.2) is 0 Å². The number of rotatable bonds is 6. The summed E-state index contributed by atoms with van der Waals surface area (Å²) in [6.07, 6.45) is 4.05. The maximum Gasteiger partial charge on any atom is 0.251 e. The van der Waals surface area contributed by atoms with Gasteiger partial charge < -0.3 is 15.0 Å². The fraction of sp³-hybridized carbons (Fsp3) is 0.579. The monoisotopic (exact) mass is 377 g/mol. The van der Waals surface area contributed by atoms with Crippen LogP contribution in [0.15, 0.2) is 29.2 Å². The Balaban J connectivity index is 1.39. The number of nitrogens with one attached hydrogen (secondary N) is 1. The molecular weight excluding hydrogens is 350 g/mol. The average molecular weight is 378 g/mol. The molecule has 0 unspecified atom stereocenters. The summed E-state index contributed by atoms with van der Waals surface area (Å²) in [7, 11) is 0. The van der Waals surface area contributed by atoms with Crippen molar-refractivity contribution in [2.24, 2.45) is 0 Å². The van der Waals surface area contributed by atoms with E-state index in [2.05, 4.69) is 10.2 Å². The molecule has 2 aliphatic rings. The lowest BCUT2D eigenvalue weighted by atomic mass is 10.2. The van der Waals surface area contributed by atoms with Gasteiger partial charge in [-0.05, 0) is 31.2 Å². The molecule has 0 saturated carbocycles. The lowest BCUT2D eigenvalue weighted by Gasteiger charge is -2.35. The van der Waals surface area contributed by atoms with Gasteiger partial charge in [-0.1, -0.05) is 12.1 Å². The first-order valence-electron chi connectivity index (χ1n) is 9.23. The summed E-state index contributed by atoms with van der Waals surface area (Å²) < 4.78 is 5.49. The standard InChI is InChI=1S/C19H27N3O3S/c1-26-17-7-3-2-5-15(17)20-18(23)8-9-21-10-12-22(13-11-21)19(24)16-6-4-14-25-16/h2-3,5,7,16H,4,6,8-14H2,1H3,(H,20,23)/t16-/m1/s1. The smallest absolute Gasteiger partial charge is 0.251 e. The normalized spacial score (nSPS) is 21.0. The maximum atomic E-state index is 12.4. The van der Waals surface area contributed by atoms with Crippen LogP contribution in [0.2, 0.25) is 0 Å². The molecule has 0 radical (unpaired) electrons. The fourth-order valence-corrected chi connectivity index (χ4v) is 3.94. The number of hydrogen-bond donors (Lipinski definition) is 1. The van der Waals surface area contributed by atoms with Gasteiger partial charge in [-0.15, -0.1) is 11.8 Å². The second-order valence-electron chi connectivity index (χ2n) is 6.67. The van der Waals surface area contributed by atoms with E-state index in [1.807, 2.05) is 35.4 Å². The fourth-order valence-electron chi connectivity index (χ4n) is 3.39. The summed E-state index contributed by atoms with van der Waals surface area (Å²) >= 11 is 1.62. The Morgan fingerprint density at radius 2 is 2.00 bits per heavy atom. The molecular formula is C19H27N3O3S. The number of nitrogens with zero attached hydrogens (tertiary/aromatic N) is 2. The molecule has 2 amide bonds. The van der Waals surface area contributed by atoms with Crippen LogP contribution in [-0.4, -0.2) is 73.3 Å². The van der Waals surface area contributed by atoms with Gasteiger partial charge in [0.1, 0.15) is 6.10 Å². The number of hydrogen-bond acceptors (Lipinski definition) is 5. The Morgan fingerprint density at radius 1 is 1.23 bits per heavy atom. The predicted octanol–water partition coefficient (Wildman–Crippen LogP) is 2.06. The number of thioether (sulfide) groups is 1. The van der Waals surface area contributed by atoms with Gasteiger partial charge in [0.25, 0.3) is 5.91 Å². The molecule has 0 aliphatic carbocycles.